The molecule has 0 spiro atoms. The number of hydrogen-bond acceptors (Lipinski definition) is 6. The molecular formula is C15H12O6. The minimum atomic E-state index is -0.695. The Hall–Kier alpha value is -3.15. The van der Waals surface area contributed by atoms with E-state index >= 15 is 0 Å². The lowest BCUT2D eigenvalue weighted by molar-refractivity contribution is 0.104. The summed E-state index contributed by atoms with van der Waals surface area (Å²) in [7, 11) is 0. The molecule has 0 fully saturated rings. The van der Waals surface area contributed by atoms with Gasteiger partial charge in [0.05, 0.1) is 0 Å². The highest BCUT2D eigenvalue weighted by Gasteiger charge is 2.11. The maximum Gasteiger partial charge on any atom is 0.200 e. The van der Waals surface area contributed by atoms with E-state index in [1.807, 2.05) is 0 Å². The van der Waals surface area contributed by atoms with Crippen LogP contribution in [0.2, 0.25) is 0 Å². The summed E-state index contributed by atoms with van der Waals surface area (Å²) < 4.78 is 0. The van der Waals surface area contributed by atoms with Gasteiger partial charge in [-0.05, 0) is 35.9 Å². The molecule has 108 valence electrons. The van der Waals surface area contributed by atoms with Gasteiger partial charge in [-0.3, -0.25) is 4.79 Å². The number of hydrogen-bond donors (Lipinski definition) is 5. The molecule has 2 aromatic carbocycles. The molecule has 0 saturated carbocycles. The number of allylic oxidation sites excluding steroid dienone is 1. The SMILES string of the molecule is O=C(C=Cc1ccc(O)c(O)c1)c1cc(O)c(O)c(O)c1. The summed E-state index contributed by atoms with van der Waals surface area (Å²) in [5, 5.41) is 46.4. The highest BCUT2D eigenvalue weighted by Crippen LogP contribution is 2.35. The molecule has 0 unspecified atom stereocenters. The first-order chi connectivity index (χ1) is 9.88. The lowest BCUT2D eigenvalue weighted by Gasteiger charge is -2.03. The molecule has 0 aromatic heterocycles. The highest BCUT2D eigenvalue weighted by molar-refractivity contribution is 6.07. The van der Waals surface area contributed by atoms with E-state index in [-0.39, 0.29) is 17.1 Å². The van der Waals surface area contributed by atoms with Crippen LogP contribution in [0.1, 0.15) is 15.9 Å². The van der Waals surface area contributed by atoms with E-state index in [1.165, 1.54) is 24.3 Å². The standard InChI is InChI=1S/C15H12O6/c16-10(9-6-13(19)15(21)14(20)7-9)3-1-8-2-4-11(17)12(18)5-8/h1-7,17-21H. The monoisotopic (exact) mass is 288 g/mol. The number of carbonyl (C=O) groups excluding carboxylic acids is 1. The summed E-state index contributed by atoms with van der Waals surface area (Å²) >= 11 is 0. The van der Waals surface area contributed by atoms with E-state index in [0.717, 1.165) is 18.2 Å². The third kappa shape index (κ3) is 3.06. The van der Waals surface area contributed by atoms with E-state index in [4.69, 9.17) is 5.11 Å². The van der Waals surface area contributed by atoms with Gasteiger partial charge in [-0.1, -0.05) is 12.1 Å². The van der Waals surface area contributed by atoms with Crippen LogP contribution in [0.4, 0.5) is 0 Å². The van der Waals surface area contributed by atoms with Gasteiger partial charge in [0.15, 0.2) is 34.5 Å². The summed E-state index contributed by atoms with van der Waals surface area (Å²) in [6, 6.07) is 6.08. The summed E-state index contributed by atoms with van der Waals surface area (Å²) in [6.07, 6.45) is 2.56. The van der Waals surface area contributed by atoms with Crippen LogP contribution in [-0.2, 0) is 0 Å². The van der Waals surface area contributed by atoms with Gasteiger partial charge in [0.1, 0.15) is 0 Å². The molecule has 0 atom stereocenters. The fourth-order valence-corrected chi connectivity index (χ4v) is 1.66. The second-order valence-electron chi connectivity index (χ2n) is 4.31. The molecule has 2 aromatic rings. The summed E-state index contributed by atoms with van der Waals surface area (Å²) in [6.45, 7) is 0. The van der Waals surface area contributed by atoms with Crippen LogP contribution >= 0.6 is 0 Å². The molecule has 6 heteroatoms. The van der Waals surface area contributed by atoms with Gasteiger partial charge >= 0.3 is 0 Å². The van der Waals surface area contributed by atoms with Crippen LogP contribution in [0.25, 0.3) is 6.08 Å². The fraction of sp³-hybridized carbons (Fsp3) is 0. The first-order valence-corrected chi connectivity index (χ1v) is 5.88. The summed E-state index contributed by atoms with van der Waals surface area (Å²) in [5.74, 6) is -3.01. The molecule has 0 aliphatic rings. The quantitative estimate of drug-likeness (QED) is 0.335. The van der Waals surface area contributed by atoms with Gasteiger partial charge in [-0.2, -0.15) is 0 Å². The first-order valence-electron chi connectivity index (χ1n) is 5.88. The Bertz CT molecular complexity index is 710. The Balaban J connectivity index is 2.25. The average molecular weight is 288 g/mol. The summed E-state index contributed by atoms with van der Waals surface area (Å²) in [5.41, 5.74) is 0.466. The molecule has 0 bridgehead atoms. The van der Waals surface area contributed by atoms with Gasteiger partial charge < -0.3 is 25.5 Å². The van der Waals surface area contributed by atoms with Crippen molar-refractivity contribution < 1.29 is 30.3 Å². The molecule has 5 N–H and O–H groups in total. The molecule has 21 heavy (non-hydrogen) atoms. The molecule has 0 aliphatic heterocycles. The van der Waals surface area contributed by atoms with Gasteiger partial charge in [-0.15, -0.1) is 0 Å². The molecule has 0 heterocycles. The smallest absolute Gasteiger partial charge is 0.200 e. The zero-order valence-corrected chi connectivity index (χ0v) is 10.7. The van der Waals surface area contributed by atoms with E-state index in [0.29, 0.717) is 5.56 Å². The van der Waals surface area contributed by atoms with Crippen molar-refractivity contribution in [1.82, 2.24) is 0 Å². The first kappa shape index (κ1) is 14.3. The Labute approximate surface area is 119 Å². The predicted molar refractivity (Wildman–Crippen MR) is 74.6 cm³/mol. The molecule has 0 amide bonds. The van der Waals surface area contributed by atoms with Crippen molar-refractivity contribution in [2.75, 3.05) is 0 Å². The number of phenolic OH excluding ortho intramolecular Hbond substituents is 5. The Morgan fingerprint density at radius 1 is 0.810 bits per heavy atom. The predicted octanol–water partition coefficient (Wildman–Crippen LogP) is 2.11. The molecule has 2 rings (SSSR count). The maximum absolute atomic E-state index is 11.9. The molecule has 0 saturated heterocycles. The van der Waals surface area contributed by atoms with Gasteiger partial charge in [0.25, 0.3) is 0 Å². The van der Waals surface area contributed by atoms with Gasteiger partial charge in [0, 0.05) is 5.56 Å². The third-order valence-corrected chi connectivity index (χ3v) is 2.78. The van der Waals surface area contributed by atoms with Crippen molar-refractivity contribution in [1.29, 1.82) is 0 Å². The Morgan fingerprint density at radius 3 is 2.00 bits per heavy atom. The average Bonchev–Trinajstić information content (AvgIpc) is 2.45. The molecule has 0 radical (unpaired) electrons. The van der Waals surface area contributed by atoms with E-state index in [9.17, 15) is 25.2 Å². The van der Waals surface area contributed by atoms with Crippen molar-refractivity contribution in [2.45, 2.75) is 0 Å². The number of ketones is 1. The van der Waals surface area contributed by atoms with Crippen molar-refractivity contribution in [3.8, 4) is 28.7 Å². The molecule has 0 aliphatic carbocycles. The zero-order chi connectivity index (χ0) is 15.6. The normalized spacial score (nSPS) is 10.9. The Morgan fingerprint density at radius 2 is 1.43 bits per heavy atom. The van der Waals surface area contributed by atoms with Crippen molar-refractivity contribution in [3.05, 3.63) is 47.5 Å². The molecular weight excluding hydrogens is 276 g/mol. The Kier molecular flexibility index (Phi) is 3.71. The minimum absolute atomic E-state index is 0.0120. The number of carbonyl (C=O) groups is 1. The second-order valence-corrected chi connectivity index (χ2v) is 4.31. The lowest BCUT2D eigenvalue weighted by Crippen LogP contribution is -1.94. The highest BCUT2D eigenvalue weighted by atomic mass is 16.3. The summed E-state index contributed by atoms with van der Waals surface area (Å²) in [4.78, 5) is 11.9. The number of benzene rings is 2. The maximum atomic E-state index is 11.9. The van der Waals surface area contributed by atoms with E-state index in [1.54, 1.807) is 0 Å². The number of phenols is 5. The van der Waals surface area contributed by atoms with Crippen LogP contribution in [0.15, 0.2) is 36.4 Å². The lowest BCUT2D eigenvalue weighted by atomic mass is 10.1. The largest absolute Gasteiger partial charge is 0.504 e. The third-order valence-electron chi connectivity index (χ3n) is 2.78. The van der Waals surface area contributed by atoms with Crippen LogP contribution in [0, 0.1) is 0 Å². The van der Waals surface area contributed by atoms with E-state index in [2.05, 4.69) is 0 Å². The topological polar surface area (TPSA) is 118 Å². The van der Waals surface area contributed by atoms with Crippen LogP contribution < -0.4 is 0 Å². The zero-order valence-electron chi connectivity index (χ0n) is 10.7. The van der Waals surface area contributed by atoms with Gasteiger partial charge in [0.2, 0.25) is 0 Å². The second kappa shape index (κ2) is 5.46. The fourth-order valence-electron chi connectivity index (χ4n) is 1.66. The van der Waals surface area contributed by atoms with Gasteiger partial charge in [-0.25, -0.2) is 0 Å². The molecule has 6 nitrogen and oxygen atoms in total. The van der Waals surface area contributed by atoms with Crippen molar-refractivity contribution in [3.63, 3.8) is 0 Å². The van der Waals surface area contributed by atoms with E-state index < -0.39 is 23.0 Å². The van der Waals surface area contributed by atoms with Crippen LogP contribution in [0.3, 0.4) is 0 Å². The number of rotatable bonds is 3. The van der Waals surface area contributed by atoms with Crippen LogP contribution in [0.5, 0.6) is 28.7 Å². The number of aromatic hydroxyl groups is 5. The minimum Gasteiger partial charge on any atom is -0.504 e. The van der Waals surface area contributed by atoms with Crippen LogP contribution in [-0.4, -0.2) is 31.3 Å². The van der Waals surface area contributed by atoms with Crippen molar-refractivity contribution >= 4 is 11.9 Å². The van der Waals surface area contributed by atoms with Crippen molar-refractivity contribution in [2.24, 2.45) is 0 Å².